The van der Waals surface area contributed by atoms with Gasteiger partial charge < -0.3 is 37.7 Å². The molecule has 0 aliphatic carbocycles. The molecule has 0 saturated heterocycles. The van der Waals surface area contributed by atoms with E-state index in [1.165, 1.54) is 26.4 Å². The zero-order chi connectivity index (χ0) is 29.2. The Balaban J connectivity index is 3.01. The van der Waals surface area contributed by atoms with E-state index in [1.807, 2.05) is 0 Å². The lowest BCUT2D eigenvalue weighted by molar-refractivity contribution is -0.134. The molecule has 0 spiro atoms. The number of imidazole rings is 1. The lowest BCUT2D eigenvalue weighted by Gasteiger charge is -2.25. The minimum absolute atomic E-state index is 0.0383. The van der Waals surface area contributed by atoms with Crippen LogP contribution in [0.25, 0.3) is 10.4 Å². The maximum absolute atomic E-state index is 13.3. The fraction of sp³-hybridized carbons (Fsp3) is 0.652. The molecule has 9 N–H and O–H groups in total. The number of nitrogens with zero attached hydrogens (tertiary/aromatic N) is 4. The minimum Gasteiger partial charge on any atom is -0.368 e. The SMILES string of the molecule is CC(=O)N[C@@H](C)C(=O)NC(Cc1cnc[nH]1)C(=O)N[C@@H](CCCCN)C(=O)N[C@@H](CCCCN=[N+]=[N-])C(N)=O. The monoisotopic (exact) mass is 549 g/mol. The first kappa shape index (κ1) is 32.9. The molecule has 16 heteroatoms. The normalized spacial score (nSPS) is 13.6. The molecule has 16 nitrogen and oxygen atoms in total. The lowest BCUT2D eigenvalue weighted by atomic mass is 10.0. The molecule has 4 atom stereocenters. The van der Waals surface area contributed by atoms with Gasteiger partial charge in [0.15, 0.2) is 0 Å². The summed E-state index contributed by atoms with van der Waals surface area (Å²) in [5.41, 5.74) is 20.0. The number of carbonyl (C=O) groups excluding carboxylic acids is 5. The first-order chi connectivity index (χ1) is 18.6. The highest BCUT2D eigenvalue weighted by molar-refractivity contribution is 5.95. The Morgan fingerprint density at radius 3 is 2.18 bits per heavy atom. The zero-order valence-corrected chi connectivity index (χ0v) is 22.3. The molecule has 1 aromatic rings. The van der Waals surface area contributed by atoms with Crippen LogP contribution in [0.2, 0.25) is 0 Å². The molecule has 39 heavy (non-hydrogen) atoms. The second-order valence-corrected chi connectivity index (χ2v) is 9.02. The molecule has 0 aromatic carbocycles. The number of primary amides is 1. The third kappa shape index (κ3) is 13.3. The second-order valence-electron chi connectivity index (χ2n) is 9.02. The summed E-state index contributed by atoms with van der Waals surface area (Å²) in [5.74, 6) is -3.01. The van der Waals surface area contributed by atoms with Crippen molar-refractivity contribution in [2.24, 2.45) is 16.6 Å². The van der Waals surface area contributed by atoms with Gasteiger partial charge in [0, 0.05) is 36.7 Å². The number of aromatic amines is 1. The standard InChI is InChI=1S/C23H39N11O5/c1-14(30-15(2)35)21(37)33-19(11-16-12-27-13-28-16)23(39)32-18(8-3-5-9-24)22(38)31-17(20(25)36)7-4-6-10-29-34-26/h12-14,17-19H,3-11,24H2,1-2H3,(H2,25,36)(H,27,28)(H,30,35)(H,31,38)(H,32,39)(H,33,37)/t14-,17-,18-,19?/m0/s1. The first-order valence-corrected chi connectivity index (χ1v) is 12.7. The van der Waals surface area contributed by atoms with Gasteiger partial charge in [-0.25, -0.2) is 4.98 Å². The summed E-state index contributed by atoms with van der Waals surface area (Å²) in [6.07, 6.45) is 5.50. The van der Waals surface area contributed by atoms with Crippen molar-refractivity contribution in [2.45, 2.75) is 83.0 Å². The summed E-state index contributed by atoms with van der Waals surface area (Å²) in [7, 11) is 0. The van der Waals surface area contributed by atoms with Crippen molar-refractivity contribution in [3.63, 3.8) is 0 Å². The summed E-state index contributed by atoms with van der Waals surface area (Å²) in [4.78, 5) is 71.8. The van der Waals surface area contributed by atoms with Crippen LogP contribution in [0.3, 0.4) is 0 Å². The Bertz CT molecular complexity index is 995. The van der Waals surface area contributed by atoms with Gasteiger partial charge in [-0.1, -0.05) is 11.5 Å². The van der Waals surface area contributed by atoms with Crippen LogP contribution >= 0.6 is 0 Å². The molecule has 1 aromatic heterocycles. The molecule has 0 aliphatic heterocycles. The van der Waals surface area contributed by atoms with Crippen LogP contribution in [0.15, 0.2) is 17.6 Å². The highest BCUT2D eigenvalue weighted by Gasteiger charge is 2.30. The van der Waals surface area contributed by atoms with Gasteiger partial charge in [-0.2, -0.15) is 0 Å². The Morgan fingerprint density at radius 2 is 1.59 bits per heavy atom. The molecule has 0 bridgehead atoms. The molecule has 5 amide bonds. The molecule has 1 heterocycles. The van der Waals surface area contributed by atoms with E-state index in [1.54, 1.807) is 0 Å². The number of nitrogens with two attached hydrogens (primary N) is 2. The van der Waals surface area contributed by atoms with Gasteiger partial charge in [0.1, 0.15) is 24.2 Å². The van der Waals surface area contributed by atoms with Gasteiger partial charge in [-0.3, -0.25) is 24.0 Å². The van der Waals surface area contributed by atoms with Crippen LogP contribution in [0, 0.1) is 0 Å². The van der Waals surface area contributed by atoms with Gasteiger partial charge in [0.05, 0.1) is 6.33 Å². The van der Waals surface area contributed by atoms with E-state index in [2.05, 4.69) is 41.3 Å². The Labute approximate surface area is 226 Å². The molecule has 0 radical (unpaired) electrons. The zero-order valence-electron chi connectivity index (χ0n) is 22.3. The number of unbranched alkanes of at least 4 members (excludes halogenated alkanes) is 2. The van der Waals surface area contributed by atoms with Crippen molar-refractivity contribution in [2.75, 3.05) is 13.1 Å². The third-order valence-electron chi connectivity index (χ3n) is 5.73. The van der Waals surface area contributed by atoms with Crippen LogP contribution in [-0.4, -0.2) is 76.8 Å². The first-order valence-electron chi connectivity index (χ1n) is 12.7. The van der Waals surface area contributed by atoms with Gasteiger partial charge >= 0.3 is 0 Å². The summed E-state index contributed by atoms with van der Waals surface area (Å²) in [5, 5.41) is 13.7. The van der Waals surface area contributed by atoms with Gasteiger partial charge in [-0.15, -0.1) is 0 Å². The number of aromatic nitrogens is 2. The summed E-state index contributed by atoms with van der Waals surface area (Å²) < 4.78 is 0. The Hall–Kier alpha value is -4.17. The fourth-order valence-corrected chi connectivity index (χ4v) is 3.66. The average Bonchev–Trinajstić information content (AvgIpc) is 3.39. The smallest absolute Gasteiger partial charge is 0.243 e. The number of amides is 5. The third-order valence-corrected chi connectivity index (χ3v) is 5.73. The van der Waals surface area contributed by atoms with Gasteiger partial charge in [-0.05, 0) is 51.1 Å². The number of rotatable bonds is 19. The molecule has 1 unspecified atom stereocenters. The number of carbonyl (C=O) groups is 5. The number of H-pyrrole nitrogens is 1. The lowest BCUT2D eigenvalue weighted by Crippen LogP contribution is -2.58. The van der Waals surface area contributed by atoms with Crippen LogP contribution in [-0.2, 0) is 30.4 Å². The van der Waals surface area contributed by atoms with E-state index in [0.717, 1.165) is 0 Å². The van der Waals surface area contributed by atoms with Gasteiger partial charge in [0.2, 0.25) is 29.5 Å². The molecule has 0 aliphatic rings. The van der Waals surface area contributed by atoms with E-state index in [4.69, 9.17) is 17.0 Å². The van der Waals surface area contributed by atoms with E-state index in [0.29, 0.717) is 37.9 Å². The van der Waals surface area contributed by atoms with E-state index < -0.39 is 53.7 Å². The van der Waals surface area contributed by atoms with Crippen LogP contribution in [0.5, 0.6) is 0 Å². The fourth-order valence-electron chi connectivity index (χ4n) is 3.66. The largest absolute Gasteiger partial charge is 0.368 e. The maximum Gasteiger partial charge on any atom is 0.243 e. The molecular weight excluding hydrogens is 510 g/mol. The molecular formula is C23H39N11O5. The Morgan fingerprint density at radius 1 is 0.974 bits per heavy atom. The minimum atomic E-state index is -1.11. The molecule has 0 fully saturated rings. The summed E-state index contributed by atoms with van der Waals surface area (Å²) >= 11 is 0. The number of nitrogens with one attached hydrogen (secondary N) is 5. The number of azide groups is 1. The topological polar surface area (TPSA) is 263 Å². The van der Waals surface area contributed by atoms with Crippen molar-refractivity contribution in [1.29, 1.82) is 0 Å². The number of hydrogen-bond donors (Lipinski definition) is 7. The van der Waals surface area contributed by atoms with E-state index in [9.17, 15) is 24.0 Å². The maximum atomic E-state index is 13.3. The highest BCUT2D eigenvalue weighted by atomic mass is 16.2. The molecule has 1 rings (SSSR count). The summed E-state index contributed by atoms with van der Waals surface area (Å²) in [6, 6.07) is -4.04. The summed E-state index contributed by atoms with van der Waals surface area (Å²) in [6.45, 7) is 3.37. The highest BCUT2D eigenvalue weighted by Crippen LogP contribution is 2.07. The predicted octanol–water partition coefficient (Wildman–Crippen LogP) is -0.974. The van der Waals surface area contributed by atoms with E-state index >= 15 is 0 Å². The van der Waals surface area contributed by atoms with Crippen molar-refractivity contribution < 1.29 is 24.0 Å². The van der Waals surface area contributed by atoms with Crippen molar-refractivity contribution >= 4 is 29.5 Å². The average molecular weight is 550 g/mol. The molecule has 0 saturated carbocycles. The van der Waals surface area contributed by atoms with Crippen molar-refractivity contribution in [3.05, 3.63) is 28.7 Å². The number of hydrogen-bond acceptors (Lipinski definition) is 8. The predicted molar refractivity (Wildman–Crippen MR) is 141 cm³/mol. The van der Waals surface area contributed by atoms with Crippen LogP contribution in [0.4, 0.5) is 0 Å². The quantitative estimate of drug-likeness (QED) is 0.0490. The van der Waals surface area contributed by atoms with Crippen molar-refractivity contribution in [1.82, 2.24) is 31.2 Å². The van der Waals surface area contributed by atoms with Crippen LogP contribution < -0.4 is 32.7 Å². The van der Waals surface area contributed by atoms with Crippen LogP contribution in [0.1, 0.15) is 58.1 Å². The Kier molecular flexibility index (Phi) is 15.3. The van der Waals surface area contributed by atoms with Crippen molar-refractivity contribution in [3.8, 4) is 0 Å². The van der Waals surface area contributed by atoms with E-state index in [-0.39, 0.29) is 25.8 Å². The van der Waals surface area contributed by atoms with Gasteiger partial charge in [0.25, 0.3) is 0 Å². The molecule has 216 valence electrons. The second kappa shape index (κ2) is 18.1.